The maximum Gasteiger partial charge on any atom is 0.244 e. The van der Waals surface area contributed by atoms with E-state index in [9.17, 15) is 14.4 Å². The largest absolute Gasteiger partial charge is 0.322 e. The van der Waals surface area contributed by atoms with E-state index in [2.05, 4.69) is 0 Å². The van der Waals surface area contributed by atoms with Gasteiger partial charge in [0.25, 0.3) is 0 Å². The highest BCUT2D eigenvalue weighted by Crippen LogP contribution is 2.41. The van der Waals surface area contributed by atoms with Gasteiger partial charge < -0.3 is 4.90 Å². The lowest BCUT2D eigenvalue weighted by molar-refractivity contribution is -0.915. The summed E-state index contributed by atoms with van der Waals surface area (Å²) >= 11 is 5.99. The first-order valence-corrected chi connectivity index (χ1v) is 10.9. The number of carbonyl (C=O) groups is 3. The number of Topliss-reactive ketones (excluding diaryl/α,β-unsaturated/α-hetero) is 1. The molecule has 5 rings (SSSR count). The Kier molecular flexibility index (Phi) is 4.56. The van der Waals surface area contributed by atoms with Gasteiger partial charge >= 0.3 is 0 Å². The molecule has 5 nitrogen and oxygen atoms in total. The van der Waals surface area contributed by atoms with E-state index in [1.807, 2.05) is 32.0 Å². The first kappa shape index (κ1) is 19.5. The smallest absolute Gasteiger partial charge is 0.244 e. The molecule has 3 saturated heterocycles. The van der Waals surface area contributed by atoms with Crippen molar-refractivity contribution in [3.63, 3.8) is 0 Å². The average Bonchev–Trinajstić information content (AvgIpc) is 3.35. The van der Waals surface area contributed by atoms with E-state index in [4.69, 9.17) is 11.6 Å². The van der Waals surface area contributed by atoms with Crippen LogP contribution in [-0.2, 0) is 9.59 Å². The Morgan fingerprint density at radius 1 is 1.03 bits per heavy atom. The van der Waals surface area contributed by atoms with Gasteiger partial charge in [0.2, 0.25) is 17.6 Å². The number of hydrogen-bond acceptors (Lipinski definition) is 3. The number of aryl methyl sites for hydroxylation is 2. The number of carbonyl (C=O) groups excluding carboxylic acids is 3. The normalized spacial score (nSPS) is 30.0. The quantitative estimate of drug-likeness (QED) is 0.609. The van der Waals surface area contributed by atoms with Crippen molar-refractivity contribution in [1.29, 1.82) is 0 Å². The molecule has 0 radical (unpaired) electrons. The fourth-order valence-corrected chi connectivity index (χ4v) is 5.95. The molecule has 0 saturated carbocycles. The summed E-state index contributed by atoms with van der Waals surface area (Å²) in [6, 6.07) is 12.1. The van der Waals surface area contributed by atoms with Crippen LogP contribution in [0, 0.1) is 25.7 Å². The Balaban J connectivity index is 1.56. The first-order valence-electron chi connectivity index (χ1n) is 10.5. The van der Waals surface area contributed by atoms with Gasteiger partial charge in [0.1, 0.15) is 17.9 Å². The molecule has 3 aliphatic heterocycles. The second-order valence-corrected chi connectivity index (χ2v) is 9.21. The molecule has 3 fully saturated rings. The topological polar surface area (TPSA) is 58.9 Å². The maximum absolute atomic E-state index is 13.6. The summed E-state index contributed by atoms with van der Waals surface area (Å²) in [6.45, 7) is 4.73. The van der Waals surface area contributed by atoms with Crippen molar-refractivity contribution in [2.24, 2.45) is 11.8 Å². The summed E-state index contributed by atoms with van der Waals surface area (Å²) in [5.74, 6) is -1.46. The fourth-order valence-electron chi connectivity index (χ4n) is 5.83. The molecule has 2 amide bonds. The van der Waals surface area contributed by atoms with Crippen LogP contribution in [0.4, 0.5) is 5.69 Å². The molecule has 5 atom stereocenters. The van der Waals surface area contributed by atoms with Crippen molar-refractivity contribution >= 4 is 34.9 Å². The van der Waals surface area contributed by atoms with Crippen molar-refractivity contribution in [1.82, 2.24) is 0 Å². The molecule has 1 N–H and O–H groups in total. The van der Waals surface area contributed by atoms with Crippen molar-refractivity contribution in [3.8, 4) is 0 Å². The Morgan fingerprint density at radius 2 is 1.73 bits per heavy atom. The second-order valence-electron chi connectivity index (χ2n) is 8.78. The molecule has 0 spiro atoms. The standard InChI is InChI=1S/C24H23ClN2O3/c1-13-5-10-17(14(2)12-13)27-23(29)19-18-4-3-11-26(18)21(20(19)24(27)30)22(28)15-6-8-16(25)9-7-15/h5-10,12,18-21H,3-4,11H2,1-2H3/p+1/t18-,19+,20-,21+/m1/s1. The number of fused-ring (bicyclic) bond motifs is 3. The van der Waals surface area contributed by atoms with Crippen molar-refractivity contribution < 1.29 is 19.3 Å². The van der Waals surface area contributed by atoms with Gasteiger partial charge in [-0.2, -0.15) is 0 Å². The van der Waals surface area contributed by atoms with Gasteiger partial charge in [0.15, 0.2) is 6.04 Å². The van der Waals surface area contributed by atoms with Gasteiger partial charge in [-0.1, -0.05) is 29.3 Å². The molecule has 3 heterocycles. The van der Waals surface area contributed by atoms with E-state index < -0.39 is 17.9 Å². The first-order chi connectivity index (χ1) is 14.4. The van der Waals surface area contributed by atoms with E-state index in [0.29, 0.717) is 16.3 Å². The van der Waals surface area contributed by atoms with Crippen molar-refractivity contribution in [2.45, 2.75) is 38.8 Å². The zero-order chi connectivity index (χ0) is 21.2. The second kappa shape index (κ2) is 7.03. The molecule has 3 aliphatic rings. The number of rotatable bonds is 3. The highest BCUT2D eigenvalue weighted by Gasteiger charge is 2.68. The van der Waals surface area contributed by atoms with E-state index in [-0.39, 0.29) is 23.6 Å². The number of nitrogens with one attached hydrogen (secondary N) is 1. The minimum absolute atomic E-state index is 0.0310. The zero-order valence-corrected chi connectivity index (χ0v) is 17.8. The number of ketones is 1. The third kappa shape index (κ3) is 2.76. The van der Waals surface area contributed by atoms with Gasteiger partial charge in [-0.3, -0.25) is 14.4 Å². The number of quaternary nitrogens is 1. The van der Waals surface area contributed by atoms with Crippen molar-refractivity contribution in [3.05, 3.63) is 64.2 Å². The average molecular weight is 424 g/mol. The Morgan fingerprint density at radius 3 is 2.43 bits per heavy atom. The van der Waals surface area contributed by atoms with Gasteiger partial charge in [-0.05, 0) is 49.7 Å². The van der Waals surface area contributed by atoms with Gasteiger partial charge in [-0.15, -0.1) is 0 Å². The Bertz CT molecular complexity index is 1060. The molecule has 2 aromatic carbocycles. The molecule has 0 aliphatic carbocycles. The molecular formula is C24H24ClN2O3+. The lowest BCUT2D eigenvalue weighted by atomic mass is 9.85. The summed E-state index contributed by atoms with van der Waals surface area (Å²) in [5, 5.41) is 0.565. The number of nitrogens with zero attached hydrogens (tertiary/aromatic N) is 1. The molecule has 154 valence electrons. The molecule has 6 heteroatoms. The molecular weight excluding hydrogens is 400 g/mol. The maximum atomic E-state index is 13.6. The summed E-state index contributed by atoms with van der Waals surface area (Å²) in [7, 11) is 0. The number of anilines is 1. The van der Waals surface area contributed by atoms with E-state index in [0.717, 1.165) is 35.4 Å². The van der Waals surface area contributed by atoms with Crippen LogP contribution in [0.1, 0.15) is 34.3 Å². The van der Waals surface area contributed by atoms with Gasteiger partial charge in [0, 0.05) is 23.4 Å². The van der Waals surface area contributed by atoms with E-state index in [1.165, 1.54) is 4.90 Å². The predicted molar refractivity (Wildman–Crippen MR) is 114 cm³/mol. The van der Waals surface area contributed by atoms with E-state index >= 15 is 0 Å². The number of imide groups is 1. The molecule has 0 bridgehead atoms. The van der Waals surface area contributed by atoms with Gasteiger partial charge in [-0.25, -0.2) is 4.90 Å². The number of benzene rings is 2. The third-order valence-electron chi connectivity index (χ3n) is 7.05. The van der Waals surface area contributed by atoms with Crippen LogP contribution < -0.4 is 9.80 Å². The number of halogens is 1. The van der Waals surface area contributed by atoms with Crippen LogP contribution >= 0.6 is 11.6 Å². The lowest BCUT2D eigenvalue weighted by Crippen LogP contribution is -3.16. The van der Waals surface area contributed by atoms with Crippen LogP contribution in [0.2, 0.25) is 5.02 Å². The molecule has 30 heavy (non-hydrogen) atoms. The minimum Gasteiger partial charge on any atom is -0.322 e. The van der Waals surface area contributed by atoms with Crippen LogP contribution in [0.3, 0.4) is 0 Å². The fraction of sp³-hybridized carbons (Fsp3) is 0.375. The SMILES string of the molecule is Cc1ccc(N2C(=O)[C@@H]3[C@@H](C2=O)[C@@H](C(=O)c2ccc(Cl)cc2)[NH+]2CCC[C@H]32)c(C)c1. The van der Waals surface area contributed by atoms with Crippen LogP contribution in [-0.4, -0.2) is 36.2 Å². The van der Waals surface area contributed by atoms with Gasteiger partial charge in [0.05, 0.1) is 12.2 Å². The highest BCUT2D eigenvalue weighted by molar-refractivity contribution is 6.30. The molecule has 2 aromatic rings. The Hall–Kier alpha value is -2.50. The Labute approximate surface area is 180 Å². The van der Waals surface area contributed by atoms with Crippen LogP contribution in [0.15, 0.2) is 42.5 Å². The summed E-state index contributed by atoms with van der Waals surface area (Å²) < 4.78 is 0. The molecule has 1 unspecified atom stereocenters. The van der Waals surface area contributed by atoms with Crippen LogP contribution in [0.5, 0.6) is 0 Å². The predicted octanol–water partition coefficient (Wildman–Crippen LogP) is 2.37. The summed E-state index contributed by atoms with van der Waals surface area (Å²) in [5.41, 5.74) is 3.17. The number of hydrogen-bond donors (Lipinski definition) is 1. The molecule has 0 aromatic heterocycles. The number of amides is 2. The van der Waals surface area contributed by atoms with Crippen LogP contribution in [0.25, 0.3) is 0 Å². The highest BCUT2D eigenvalue weighted by atomic mass is 35.5. The monoisotopic (exact) mass is 423 g/mol. The summed E-state index contributed by atoms with van der Waals surface area (Å²) in [4.78, 5) is 43.0. The van der Waals surface area contributed by atoms with E-state index in [1.54, 1.807) is 24.3 Å². The zero-order valence-electron chi connectivity index (χ0n) is 17.0. The lowest BCUT2D eigenvalue weighted by Gasteiger charge is -2.26. The summed E-state index contributed by atoms with van der Waals surface area (Å²) in [6.07, 6.45) is 1.85. The third-order valence-corrected chi connectivity index (χ3v) is 7.30. The van der Waals surface area contributed by atoms with Crippen molar-refractivity contribution in [2.75, 3.05) is 11.4 Å². The minimum atomic E-state index is -0.596.